The Bertz CT molecular complexity index is 193. The molecule has 1 fully saturated rings. The van der Waals surface area contributed by atoms with Gasteiger partial charge in [0.2, 0.25) is 0 Å². The van der Waals surface area contributed by atoms with Gasteiger partial charge in [-0.15, -0.1) is 0 Å². The van der Waals surface area contributed by atoms with Crippen LogP contribution in [0.4, 0.5) is 0 Å². The van der Waals surface area contributed by atoms with Crippen LogP contribution in [0, 0.1) is 0 Å². The summed E-state index contributed by atoms with van der Waals surface area (Å²) < 4.78 is 19.8. The number of rotatable bonds is 1. The molecule has 9 heavy (non-hydrogen) atoms. The van der Waals surface area contributed by atoms with Gasteiger partial charge in [0.05, 0.1) is 27.3 Å². The van der Waals surface area contributed by atoms with Crippen molar-refractivity contribution in [3.63, 3.8) is 0 Å². The minimum absolute atomic E-state index is 0.196. The lowest BCUT2D eigenvalue weighted by Crippen LogP contribution is -2.42. The fourth-order valence-electron chi connectivity index (χ4n) is 0.817. The predicted octanol–water partition coefficient (Wildman–Crippen LogP) is 0.113. The monoisotopic (exact) mass is 149 g/mol. The molecule has 0 amide bonds. The van der Waals surface area contributed by atoms with Gasteiger partial charge < -0.3 is 4.74 Å². The molecule has 0 radical (unpaired) electrons. The molecule has 3 nitrogen and oxygen atoms in total. The standard InChI is InChI=1S/C5H11NO2S/c1-6-9(7)3-5(4-9)8-2/h5H,3-4H2,1-2H3. The molecule has 1 heterocycles. The summed E-state index contributed by atoms with van der Waals surface area (Å²) in [5.74, 6) is 1.25. The Hall–Kier alpha value is -0.0900. The van der Waals surface area contributed by atoms with Gasteiger partial charge in [-0.3, -0.25) is 0 Å². The van der Waals surface area contributed by atoms with Crippen molar-refractivity contribution >= 4 is 9.73 Å². The Morgan fingerprint density at radius 3 is 2.56 bits per heavy atom. The molecule has 0 N–H and O–H groups in total. The molecule has 0 bridgehead atoms. The zero-order chi connectivity index (χ0) is 6.91. The molecular formula is C5H11NO2S. The van der Waals surface area contributed by atoms with Crippen LogP contribution >= 0.6 is 0 Å². The van der Waals surface area contributed by atoms with Crippen LogP contribution in [0.2, 0.25) is 0 Å². The summed E-state index contributed by atoms with van der Waals surface area (Å²) in [6, 6.07) is 0. The van der Waals surface area contributed by atoms with Crippen molar-refractivity contribution in [2.24, 2.45) is 4.36 Å². The summed E-state index contributed by atoms with van der Waals surface area (Å²) in [4.78, 5) is 0. The summed E-state index contributed by atoms with van der Waals surface area (Å²) in [5, 5.41) is 0. The number of nitrogens with zero attached hydrogens (tertiary/aromatic N) is 1. The fraction of sp³-hybridized carbons (Fsp3) is 1.00. The first-order chi connectivity index (χ1) is 4.20. The Morgan fingerprint density at radius 2 is 2.22 bits per heavy atom. The van der Waals surface area contributed by atoms with E-state index in [4.69, 9.17) is 4.74 Å². The van der Waals surface area contributed by atoms with Gasteiger partial charge in [-0.1, -0.05) is 0 Å². The lowest BCUT2D eigenvalue weighted by molar-refractivity contribution is 0.128. The quantitative estimate of drug-likeness (QED) is 0.531. The van der Waals surface area contributed by atoms with Gasteiger partial charge >= 0.3 is 0 Å². The van der Waals surface area contributed by atoms with E-state index in [-0.39, 0.29) is 6.10 Å². The SMILES string of the molecule is CN=S1(=O)CC(OC)C1. The molecule has 0 atom stereocenters. The van der Waals surface area contributed by atoms with Crippen LogP contribution < -0.4 is 0 Å². The number of methoxy groups -OCH3 is 1. The van der Waals surface area contributed by atoms with Gasteiger partial charge in [0.25, 0.3) is 0 Å². The van der Waals surface area contributed by atoms with Crippen LogP contribution in [0.25, 0.3) is 0 Å². The number of ether oxygens (including phenoxy) is 1. The van der Waals surface area contributed by atoms with Crippen molar-refractivity contribution < 1.29 is 8.95 Å². The largest absolute Gasteiger partial charge is 0.379 e. The van der Waals surface area contributed by atoms with Crippen LogP contribution in [0.3, 0.4) is 0 Å². The first-order valence-corrected chi connectivity index (χ1v) is 4.69. The molecule has 1 aliphatic rings. The first-order valence-electron chi connectivity index (χ1n) is 2.83. The van der Waals surface area contributed by atoms with Gasteiger partial charge in [0.1, 0.15) is 0 Å². The lowest BCUT2D eigenvalue weighted by Gasteiger charge is -2.27. The van der Waals surface area contributed by atoms with Crippen molar-refractivity contribution in [3.05, 3.63) is 0 Å². The highest BCUT2D eigenvalue weighted by atomic mass is 32.2. The van der Waals surface area contributed by atoms with Gasteiger partial charge in [-0.2, -0.15) is 0 Å². The van der Waals surface area contributed by atoms with E-state index in [1.54, 1.807) is 14.2 Å². The summed E-state index contributed by atoms with van der Waals surface area (Å²) in [7, 11) is 1.46. The topological polar surface area (TPSA) is 38.7 Å². The normalized spacial score (nSPS) is 41.8. The maximum atomic E-state index is 11.1. The Labute approximate surface area is 55.6 Å². The number of hydrogen-bond donors (Lipinski definition) is 0. The van der Waals surface area contributed by atoms with Gasteiger partial charge in [0.15, 0.2) is 0 Å². The molecule has 0 aromatic heterocycles. The molecule has 0 aliphatic carbocycles. The lowest BCUT2D eigenvalue weighted by atomic mass is 10.4. The molecule has 0 aromatic rings. The first kappa shape index (κ1) is 7.02. The highest BCUT2D eigenvalue weighted by molar-refractivity contribution is 7.95. The number of hydrogen-bond acceptors (Lipinski definition) is 3. The average Bonchev–Trinajstić information content (AvgIpc) is 1.81. The molecule has 1 saturated heterocycles. The predicted molar refractivity (Wildman–Crippen MR) is 37.0 cm³/mol. The van der Waals surface area contributed by atoms with E-state index in [1.807, 2.05) is 0 Å². The minimum atomic E-state index is -1.79. The third-order valence-corrected chi connectivity index (χ3v) is 4.01. The van der Waals surface area contributed by atoms with Crippen molar-refractivity contribution in [3.8, 4) is 0 Å². The van der Waals surface area contributed by atoms with E-state index < -0.39 is 9.73 Å². The Kier molecular flexibility index (Phi) is 1.77. The van der Waals surface area contributed by atoms with Crippen LogP contribution in [-0.2, 0) is 14.5 Å². The van der Waals surface area contributed by atoms with Gasteiger partial charge in [0, 0.05) is 14.2 Å². The van der Waals surface area contributed by atoms with Crippen LogP contribution in [-0.4, -0.2) is 36.0 Å². The molecule has 54 valence electrons. The zero-order valence-corrected chi connectivity index (χ0v) is 6.48. The smallest absolute Gasteiger partial charge is 0.0818 e. The third kappa shape index (κ3) is 1.24. The van der Waals surface area contributed by atoms with E-state index in [9.17, 15) is 4.21 Å². The summed E-state index contributed by atoms with van der Waals surface area (Å²) in [5.41, 5.74) is 0. The highest BCUT2D eigenvalue weighted by Gasteiger charge is 2.30. The Balaban J connectivity index is 2.52. The molecule has 0 saturated carbocycles. The van der Waals surface area contributed by atoms with E-state index in [0.717, 1.165) is 0 Å². The van der Waals surface area contributed by atoms with E-state index in [2.05, 4.69) is 4.36 Å². The third-order valence-electron chi connectivity index (χ3n) is 1.56. The van der Waals surface area contributed by atoms with E-state index in [0.29, 0.717) is 11.5 Å². The van der Waals surface area contributed by atoms with Crippen LogP contribution in [0.1, 0.15) is 0 Å². The second-order valence-electron chi connectivity index (χ2n) is 2.15. The summed E-state index contributed by atoms with van der Waals surface area (Å²) in [6.07, 6.45) is 0.196. The average molecular weight is 149 g/mol. The molecule has 0 spiro atoms. The molecule has 4 heteroatoms. The van der Waals surface area contributed by atoms with Crippen molar-refractivity contribution in [1.29, 1.82) is 0 Å². The van der Waals surface area contributed by atoms with Crippen LogP contribution in [0.15, 0.2) is 4.36 Å². The molecule has 0 aromatic carbocycles. The van der Waals surface area contributed by atoms with Crippen molar-refractivity contribution in [2.75, 3.05) is 25.7 Å². The highest BCUT2D eigenvalue weighted by Crippen LogP contribution is 2.15. The van der Waals surface area contributed by atoms with Crippen molar-refractivity contribution in [2.45, 2.75) is 6.10 Å². The Morgan fingerprint density at radius 1 is 1.67 bits per heavy atom. The molecule has 1 aliphatic heterocycles. The molecule has 1 rings (SSSR count). The fourth-order valence-corrected chi connectivity index (χ4v) is 2.45. The summed E-state index contributed by atoms with van der Waals surface area (Å²) >= 11 is 0. The second-order valence-corrected chi connectivity index (χ2v) is 4.72. The molecule has 0 unspecified atom stereocenters. The maximum absolute atomic E-state index is 11.1. The maximum Gasteiger partial charge on any atom is 0.0818 e. The molecular weight excluding hydrogens is 138 g/mol. The van der Waals surface area contributed by atoms with E-state index >= 15 is 0 Å². The second kappa shape index (κ2) is 2.27. The zero-order valence-electron chi connectivity index (χ0n) is 5.66. The van der Waals surface area contributed by atoms with Gasteiger partial charge in [-0.25, -0.2) is 8.57 Å². The summed E-state index contributed by atoms with van der Waals surface area (Å²) in [6.45, 7) is 0. The minimum Gasteiger partial charge on any atom is -0.379 e. The van der Waals surface area contributed by atoms with Crippen LogP contribution in [0.5, 0.6) is 0 Å². The van der Waals surface area contributed by atoms with Gasteiger partial charge in [-0.05, 0) is 0 Å². The van der Waals surface area contributed by atoms with Crippen molar-refractivity contribution in [1.82, 2.24) is 0 Å². The van der Waals surface area contributed by atoms with E-state index in [1.165, 1.54) is 0 Å².